The summed E-state index contributed by atoms with van der Waals surface area (Å²) in [4.78, 5) is 29.0. The molecule has 0 aliphatic heterocycles. The molecule has 196 valence electrons. The zero-order valence-corrected chi connectivity index (χ0v) is 23.1. The molecule has 3 aromatic carbocycles. The second kappa shape index (κ2) is 14.5. The quantitative estimate of drug-likeness (QED) is 0.311. The van der Waals surface area contributed by atoms with E-state index < -0.39 is 6.04 Å². The van der Waals surface area contributed by atoms with E-state index in [1.807, 2.05) is 68.4 Å². The number of hydrogen-bond acceptors (Lipinski definition) is 4. The first-order valence-corrected chi connectivity index (χ1v) is 13.9. The molecule has 2 atom stereocenters. The summed E-state index contributed by atoms with van der Waals surface area (Å²) in [6.45, 7) is 6.42. The number of rotatable bonds is 13. The van der Waals surface area contributed by atoms with Crippen LogP contribution in [0.1, 0.15) is 42.5 Å². The number of benzene rings is 3. The lowest BCUT2D eigenvalue weighted by molar-refractivity contribution is -0.139. The molecule has 0 saturated carbocycles. The molecule has 0 radical (unpaired) electrons. The van der Waals surface area contributed by atoms with E-state index in [0.717, 1.165) is 29.1 Å². The maximum absolute atomic E-state index is 13.7. The van der Waals surface area contributed by atoms with Gasteiger partial charge in [-0.3, -0.25) is 9.59 Å². The normalized spacial score (nSPS) is 12.4. The standard InChI is InChI=1S/C31H38N2O3S/c1-5-24(3)32-31(35)29(19-25-10-7-6-8-11-25)33(20-27-12-9-13-28(18-27)36-4)30(34)22-37-21-26-16-14-23(2)15-17-26/h6-18,24,29H,5,19-22H2,1-4H3,(H,32,35)/t24-,29-/m1/s1. The van der Waals surface area contributed by atoms with Gasteiger partial charge in [-0.05, 0) is 49.1 Å². The van der Waals surface area contributed by atoms with Crippen LogP contribution in [0, 0.1) is 6.92 Å². The summed E-state index contributed by atoms with van der Waals surface area (Å²) in [5.41, 5.74) is 4.33. The van der Waals surface area contributed by atoms with Gasteiger partial charge in [-0.25, -0.2) is 0 Å². The fourth-order valence-electron chi connectivity index (χ4n) is 3.99. The number of aryl methyl sites for hydroxylation is 1. The number of nitrogens with zero attached hydrogens (tertiary/aromatic N) is 1. The molecule has 0 aliphatic rings. The Balaban J connectivity index is 1.86. The van der Waals surface area contributed by atoms with E-state index in [0.29, 0.717) is 18.7 Å². The Hall–Kier alpha value is -3.25. The molecule has 0 spiro atoms. The first kappa shape index (κ1) is 28.3. The summed E-state index contributed by atoms with van der Waals surface area (Å²) in [6.07, 6.45) is 1.27. The van der Waals surface area contributed by atoms with Crippen molar-refractivity contribution in [2.45, 2.75) is 58.0 Å². The predicted molar refractivity (Wildman–Crippen MR) is 153 cm³/mol. The third-order valence-corrected chi connectivity index (χ3v) is 7.36. The van der Waals surface area contributed by atoms with Crippen LogP contribution in [-0.4, -0.2) is 41.7 Å². The van der Waals surface area contributed by atoms with Gasteiger partial charge in [-0.2, -0.15) is 0 Å². The van der Waals surface area contributed by atoms with Gasteiger partial charge in [0.25, 0.3) is 0 Å². The third kappa shape index (κ3) is 8.97. The van der Waals surface area contributed by atoms with Gasteiger partial charge in [0.2, 0.25) is 11.8 Å². The van der Waals surface area contributed by atoms with E-state index in [9.17, 15) is 9.59 Å². The molecular weight excluding hydrogens is 480 g/mol. The van der Waals surface area contributed by atoms with Gasteiger partial charge < -0.3 is 15.0 Å². The van der Waals surface area contributed by atoms with Crippen LogP contribution in [0.25, 0.3) is 0 Å². The van der Waals surface area contributed by atoms with Crippen molar-refractivity contribution in [3.05, 3.63) is 101 Å². The number of carbonyl (C=O) groups is 2. The first-order chi connectivity index (χ1) is 17.9. The number of nitrogens with one attached hydrogen (secondary N) is 1. The molecule has 0 aliphatic carbocycles. The zero-order valence-electron chi connectivity index (χ0n) is 22.3. The van der Waals surface area contributed by atoms with Crippen LogP contribution >= 0.6 is 11.8 Å². The average Bonchev–Trinajstić information content (AvgIpc) is 2.92. The Morgan fingerprint density at radius 3 is 2.32 bits per heavy atom. The molecule has 3 rings (SSSR count). The van der Waals surface area contributed by atoms with Crippen LogP contribution in [0.3, 0.4) is 0 Å². The van der Waals surface area contributed by atoms with E-state index >= 15 is 0 Å². The molecule has 37 heavy (non-hydrogen) atoms. The highest BCUT2D eigenvalue weighted by Gasteiger charge is 2.31. The minimum atomic E-state index is -0.630. The Labute approximate surface area is 225 Å². The number of carbonyl (C=O) groups excluding carboxylic acids is 2. The summed E-state index contributed by atoms with van der Waals surface area (Å²) >= 11 is 1.57. The summed E-state index contributed by atoms with van der Waals surface area (Å²) in [6, 6.07) is 25.3. The van der Waals surface area contributed by atoms with E-state index in [-0.39, 0.29) is 17.9 Å². The van der Waals surface area contributed by atoms with Gasteiger partial charge in [-0.15, -0.1) is 11.8 Å². The molecule has 0 unspecified atom stereocenters. The smallest absolute Gasteiger partial charge is 0.243 e. The van der Waals surface area contributed by atoms with Crippen LogP contribution in [-0.2, 0) is 28.3 Å². The first-order valence-electron chi connectivity index (χ1n) is 12.8. The molecule has 0 fully saturated rings. The Kier molecular flexibility index (Phi) is 11.1. The van der Waals surface area contributed by atoms with Gasteiger partial charge in [-0.1, -0.05) is 79.2 Å². The summed E-state index contributed by atoms with van der Waals surface area (Å²) in [5, 5.41) is 3.12. The fraction of sp³-hybridized carbons (Fsp3) is 0.355. The van der Waals surface area contributed by atoms with Crippen LogP contribution in [0.2, 0.25) is 0 Å². The Morgan fingerprint density at radius 1 is 0.946 bits per heavy atom. The predicted octanol–water partition coefficient (Wildman–Crippen LogP) is 5.79. The lowest BCUT2D eigenvalue weighted by atomic mass is 10.0. The molecule has 5 nitrogen and oxygen atoms in total. The number of amides is 2. The van der Waals surface area contributed by atoms with Gasteiger partial charge in [0, 0.05) is 24.8 Å². The molecule has 0 heterocycles. The average molecular weight is 519 g/mol. The molecule has 6 heteroatoms. The van der Waals surface area contributed by atoms with E-state index in [4.69, 9.17) is 4.74 Å². The topological polar surface area (TPSA) is 58.6 Å². The van der Waals surface area contributed by atoms with Crippen molar-refractivity contribution in [3.8, 4) is 5.75 Å². The van der Waals surface area contributed by atoms with Crippen molar-refractivity contribution in [1.82, 2.24) is 10.2 Å². The van der Waals surface area contributed by atoms with Gasteiger partial charge >= 0.3 is 0 Å². The van der Waals surface area contributed by atoms with Gasteiger partial charge in [0.05, 0.1) is 12.9 Å². The maximum atomic E-state index is 13.7. The van der Waals surface area contributed by atoms with E-state index in [2.05, 4.69) is 36.5 Å². The van der Waals surface area contributed by atoms with E-state index in [1.165, 1.54) is 11.1 Å². The SMILES string of the molecule is CC[C@@H](C)NC(=O)[C@@H](Cc1ccccc1)N(Cc1cccc(OC)c1)C(=O)CSCc1ccc(C)cc1. The molecule has 0 bridgehead atoms. The zero-order chi connectivity index (χ0) is 26.6. The molecule has 3 aromatic rings. The highest BCUT2D eigenvalue weighted by molar-refractivity contribution is 7.99. The van der Waals surface area contributed by atoms with Crippen molar-refractivity contribution in [2.24, 2.45) is 0 Å². The minimum Gasteiger partial charge on any atom is -0.497 e. The maximum Gasteiger partial charge on any atom is 0.243 e. The number of thioether (sulfide) groups is 1. The van der Waals surface area contributed by atoms with Crippen LogP contribution in [0.5, 0.6) is 5.75 Å². The number of ether oxygens (including phenoxy) is 1. The Bertz CT molecular complexity index is 1130. The molecule has 2 amide bonds. The minimum absolute atomic E-state index is 0.0236. The van der Waals surface area contributed by atoms with Crippen LogP contribution in [0.15, 0.2) is 78.9 Å². The summed E-state index contributed by atoms with van der Waals surface area (Å²) < 4.78 is 5.40. The van der Waals surface area contributed by atoms with Crippen molar-refractivity contribution in [3.63, 3.8) is 0 Å². The molecule has 0 aromatic heterocycles. The highest BCUT2D eigenvalue weighted by Crippen LogP contribution is 2.21. The molecular formula is C31H38N2O3S. The van der Waals surface area contributed by atoms with E-state index in [1.54, 1.807) is 23.8 Å². The second-order valence-electron chi connectivity index (χ2n) is 9.37. The van der Waals surface area contributed by atoms with Crippen LogP contribution in [0.4, 0.5) is 0 Å². The fourth-order valence-corrected chi connectivity index (χ4v) is 4.86. The van der Waals surface area contributed by atoms with Gasteiger partial charge in [0.1, 0.15) is 11.8 Å². The highest BCUT2D eigenvalue weighted by atomic mass is 32.2. The van der Waals surface area contributed by atoms with Crippen LogP contribution < -0.4 is 10.1 Å². The van der Waals surface area contributed by atoms with Crippen molar-refractivity contribution < 1.29 is 14.3 Å². The van der Waals surface area contributed by atoms with Crippen molar-refractivity contribution in [2.75, 3.05) is 12.9 Å². The van der Waals surface area contributed by atoms with Crippen molar-refractivity contribution >= 4 is 23.6 Å². The third-order valence-electron chi connectivity index (χ3n) is 6.37. The summed E-state index contributed by atoms with van der Waals surface area (Å²) in [7, 11) is 1.63. The Morgan fingerprint density at radius 2 is 1.65 bits per heavy atom. The van der Waals surface area contributed by atoms with Gasteiger partial charge in [0.15, 0.2) is 0 Å². The molecule has 1 N–H and O–H groups in total. The monoisotopic (exact) mass is 518 g/mol. The lowest BCUT2D eigenvalue weighted by Crippen LogP contribution is -2.52. The number of methoxy groups -OCH3 is 1. The second-order valence-corrected chi connectivity index (χ2v) is 10.4. The largest absolute Gasteiger partial charge is 0.497 e. The molecule has 0 saturated heterocycles. The number of hydrogen-bond donors (Lipinski definition) is 1. The lowest BCUT2D eigenvalue weighted by Gasteiger charge is -2.32. The van der Waals surface area contributed by atoms with Crippen molar-refractivity contribution in [1.29, 1.82) is 0 Å². The summed E-state index contributed by atoms with van der Waals surface area (Å²) in [5.74, 6) is 1.57.